The Morgan fingerprint density at radius 2 is 2.14 bits per heavy atom. The van der Waals surface area contributed by atoms with Crippen molar-refractivity contribution in [3.8, 4) is 10.4 Å². The Kier molecular flexibility index (Phi) is 2.61. The molecule has 3 heteroatoms. The molecule has 0 spiro atoms. The van der Waals surface area contributed by atoms with Gasteiger partial charge in [-0.25, -0.2) is 0 Å². The molecule has 0 radical (unpaired) electrons. The van der Waals surface area contributed by atoms with Gasteiger partial charge < -0.3 is 5.11 Å². The summed E-state index contributed by atoms with van der Waals surface area (Å²) in [5.41, 5.74) is 3.06. The van der Waals surface area contributed by atoms with E-state index in [4.69, 9.17) is 0 Å². The standard InChI is InChI=1S/C11H11NOS/c1-8-6-11(14-12-8)10-5-3-2-4-9(10)7-13/h2-6,13H,7H2,1H3. The van der Waals surface area contributed by atoms with Crippen LogP contribution in [-0.4, -0.2) is 9.48 Å². The van der Waals surface area contributed by atoms with Gasteiger partial charge in [-0.05, 0) is 35.6 Å². The SMILES string of the molecule is Cc1cc(-c2ccccc2CO)sn1. The van der Waals surface area contributed by atoms with Crippen molar-refractivity contribution < 1.29 is 5.11 Å². The van der Waals surface area contributed by atoms with Gasteiger partial charge in [0.05, 0.1) is 17.2 Å². The average Bonchev–Trinajstić information content (AvgIpc) is 2.65. The maximum Gasteiger partial charge on any atom is 0.0688 e. The van der Waals surface area contributed by atoms with Crippen molar-refractivity contribution in [1.29, 1.82) is 0 Å². The Balaban J connectivity index is 2.50. The van der Waals surface area contributed by atoms with Crippen LogP contribution in [0.5, 0.6) is 0 Å². The molecule has 1 heterocycles. The van der Waals surface area contributed by atoms with E-state index in [1.165, 1.54) is 11.5 Å². The van der Waals surface area contributed by atoms with Gasteiger partial charge in [0.15, 0.2) is 0 Å². The Bertz CT molecular complexity index is 436. The number of hydrogen-bond donors (Lipinski definition) is 1. The van der Waals surface area contributed by atoms with Crippen molar-refractivity contribution in [2.24, 2.45) is 0 Å². The second kappa shape index (κ2) is 3.90. The summed E-state index contributed by atoms with van der Waals surface area (Å²) in [6.45, 7) is 2.05. The molecule has 14 heavy (non-hydrogen) atoms. The molecule has 2 rings (SSSR count). The van der Waals surface area contributed by atoms with Crippen LogP contribution < -0.4 is 0 Å². The molecule has 0 saturated heterocycles. The molecule has 0 aliphatic rings. The first-order valence-corrected chi connectivity index (χ1v) is 5.21. The number of nitrogens with zero attached hydrogens (tertiary/aromatic N) is 1. The van der Waals surface area contributed by atoms with Crippen LogP contribution in [0.25, 0.3) is 10.4 Å². The first kappa shape index (κ1) is 9.37. The largest absolute Gasteiger partial charge is 0.392 e. The summed E-state index contributed by atoms with van der Waals surface area (Å²) in [5.74, 6) is 0. The third kappa shape index (κ3) is 1.69. The topological polar surface area (TPSA) is 33.1 Å². The minimum absolute atomic E-state index is 0.0765. The first-order chi connectivity index (χ1) is 6.81. The number of aromatic nitrogens is 1. The molecular weight excluding hydrogens is 194 g/mol. The number of aliphatic hydroxyl groups excluding tert-OH is 1. The molecule has 0 atom stereocenters. The number of aryl methyl sites for hydroxylation is 1. The van der Waals surface area contributed by atoms with E-state index in [0.29, 0.717) is 0 Å². The predicted octanol–water partition coefficient (Wildman–Crippen LogP) is 2.61. The summed E-state index contributed by atoms with van der Waals surface area (Å²) in [6, 6.07) is 9.90. The molecule has 1 aromatic heterocycles. The van der Waals surface area contributed by atoms with Crippen LogP contribution in [0.3, 0.4) is 0 Å². The lowest BCUT2D eigenvalue weighted by Gasteiger charge is -2.02. The Morgan fingerprint density at radius 3 is 2.79 bits per heavy atom. The van der Waals surface area contributed by atoms with Crippen LogP contribution in [0.2, 0.25) is 0 Å². The number of hydrogen-bond acceptors (Lipinski definition) is 3. The first-order valence-electron chi connectivity index (χ1n) is 4.43. The third-order valence-electron chi connectivity index (χ3n) is 2.08. The maximum absolute atomic E-state index is 9.17. The number of aliphatic hydroxyl groups is 1. The van der Waals surface area contributed by atoms with Crippen LogP contribution in [0.4, 0.5) is 0 Å². The summed E-state index contributed by atoms with van der Waals surface area (Å²) in [6.07, 6.45) is 0. The molecule has 0 unspecified atom stereocenters. The van der Waals surface area contributed by atoms with Crippen molar-refractivity contribution in [3.05, 3.63) is 41.6 Å². The van der Waals surface area contributed by atoms with E-state index < -0.39 is 0 Å². The van der Waals surface area contributed by atoms with E-state index in [-0.39, 0.29) is 6.61 Å². The van der Waals surface area contributed by atoms with E-state index in [1.54, 1.807) is 0 Å². The molecule has 0 aliphatic heterocycles. The van der Waals surface area contributed by atoms with E-state index in [1.807, 2.05) is 37.3 Å². The highest BCUT2D eigenvalue weighted by Crippen LogP contribution is 2.27. The van der Waals surface area contributed by atoms with Crippen molar-refractivity contribution >= 4 is 11.5 Å². The fourth-order valence-corrected chi connectivity index (χ4v) is 2.20. The normalized spacial score (nSPS) is 10.4. The summed E-state index contributed by atoms with van der Waals surface area (Å²) < 4.78 is 4.23. The second-order valence-electron chi connectivity index (χ2n) is 3.15. The monoisotopic (exact) mass is 205 g/mol. The van der Waals surface area contributed by atoms with Gasteiger partial charge in [-0.2, -0.15) is 4.37 Å². The molecule has 0 saturated carbocycles. The van der Waals surface area contributed by atoms with E-state index in [0.717, 1.165) is 21.7 Å². The Morgan fingerprint density at radius 1 is 1.36 bits per heavy atom. The van der Waals surface area contributed by atoms with Gasteiger partial charge in [0.2, 0.25) is 0 Å². The van der Waals surface area contributed by atoms with Gasteiger partial charge in [0.1, 0.15) is 0 Å². The zero-order valence-corrected chi connectivity index (χ0v) is 8.71. The highest BCUT2D eigenvalue weighted by Gasteiger charge is 2.05. The van der Waals surface area contributed by atoms with Crippen LogP contribution in [0.1, 0.15) is 11.3 Å². The fourth-order valence-electron chi connectivity index (χ4n) is 1.39. The lowest BCUT2D eigenvalue weighted by molar-refractivity contribution is 0.282. The van der Waals surface area contributed by atoms with Crippen molar-refractivity contribution in [2.75, 3.05) is 0 Å². The second-order valence-corrected chi connectivity index (χ2v) is 3.95. The van der Waals surface area contributed by atoms with Crippen molar-refractivity contribution in [2.45, 2.75) is 13.5 Å². The zero-order valence-electron chi connectivity index (χ0n) is 7.90. The van der Waals surface area contributed by atoms with E-state index >= 15 is 0 Å². The highest BCUT2D eigenvalue weighted by atomic mass is 32.1. The van der Waals surface area contributed by atoms with E-state index in [9.17, 15) is 5.11 Å². The molecule has 2 nitrogen and oxygen atoms in total. The van der Waals surface area contributed by atoms with Crippen LogP contribution in [0, 0.1) is 6.92 Å². The smallest absolute Gasteiger partial charge is 0.0688 e. The summed E-state index contributed by atoms with van der Waals surface area (Å²) in [5, 5.41) is 9.17. The minimum atomic E-state index is 0.0765. The molecule has 1 N–H and O–H groups in total. The Labute approximate surface area is 87.0 Å². The molecule has 0 aliphatic carbocycles. The van der Waals surface area contributed by atoms with Crippen molar-refractivity contribution in [1.82, 2.24) is 4.37 Å². The van der Waals surface area contributed by atoms with Gasteiger partial charge in [-0.3, -0.25) is 0 Å². The molecule has 2 aromatic rings. The van der Waals surface area contributed by atoms with Crippen LogP contribution >= 0.6 is 11.5 Å². The van der Waals surface area contributed by atoms with Crippen LogP contribution in [-0.2, 0) is 6.61 Å². The van der Waals surface area contributed by atoms with Gasteiger partial charge >= 0.3 is 0 Å². The molecule has 0 amide bonds. The zero-order chi connectivity index (χ0) is 9.97. The minimum Gasteiger partial charge on any atom is -0.392 e. The quantitative estimate of drug-likeness (QED) is 0.817. The van der Waals surface area contributed by atoms with Crippen molar-refractivity contribution in [3.63, 3.8) is 0 Å². The lowest BCUT2D eigenvalue weighted by atomic mass is 10.1. The van der Waals surface area contributed by atoms with Gasteiger partial charge in [-0.15, -0.1) is 0 Å². The predicted molar refractivity (Wildman–Crippen MR) is 58.2 cm³/mol. The number of rotatable bonds is 2. The molecule has 72 valence electrons. The summed E-state index contributed by atoms with van der Waals surface area (Å²) in [4.78, 5) is 1.12. The number of benzene rings is 1. The maximum atomic E-state index is 9.17. The molecule has 0 bridgehead atoms. The van der Waals surface area contributed by atoms with E-state index in [2.05, 4.69) is 4.37 Å². The van der Waals surface area contributed by atoms with Gasteiger partial charge in [0, 0.05) is 0 Å². The van der Waals surface area contributed by atoms with Gasteiger partial charge in [0.25, 0.3) is 0 Å². The summed E-state index contributed by atoms with van der Waals surface area (Å²) in [7, 11) is 0. The molecule has 0 fully saturated rings. The fraction of sp³-hybridized carbons (Fsp3) is 0.182. The third-order valence-corrected chi connectivity index (χ3v) is 2.99. The summed E-state index contributed by atoms with van der Waals surface area (Å²) >= 11 is 1.47. The van der Waals surface area contributed by atoms with Gasteiger partial charge in [-0.1, -0.05) is 24.3 Å². The average molecular weight is 205 g/mol. The highest BCUT2D eigenvalue weighted by molar-refractivity contribution is 7.09. The van der Waals surface area contributed by atoms with Crippen LogP contribution in [0.15, 0.2) is 30.3 Å². The lowest BCUT2D eigenvalue weighted by Crippen LogP contribution is -1.86. The Hall–Kier alpha value is -1.19. The molecular formula is C11H11NOS. The molecule has 1 aromatic carbocycles.